The fraction of sp³-hybridized carbons (Fsp3) is 0.158. The molecule has 5 heteroatoms. The molecule has 0 aliphatic heterocycles. The van der Waals surface area contributed by atoms with E-state index in [1.165, 1.54) is 6.33 Å². The first-order chi connectivity index (χ1) is 11.7. The molecule has 1 heterocycles. The average Bonchev–Trinajstić information content (AvgIpc) is 2.62. The molecule has 2 aromatic carbocycles. The van der Waals surface area contributed by atoms with E-state index in [9.17, 15) is 0 Å². The van der Waals surface area contributed by atoms with Crippen LogP contribution in [0.5, 0.6) is 11.5 Å². The Morgan fingerprint density at radius 1 is 1.08 bits per heavy atom. The van der Waals surface area contributed by atoms with E-state index >= 15 is 0 Å². The molecule has 0 aliphatic rings. The van der Waals surface area contributed by atoms with Crippen LogP contribution in [0.2, 0.25) is 0 Å². The molecule has 0 spiro atoms. The van der Waals surface area contributed by atoms with E-state index in [1.54, 1.807) is 14.2 Å². The first-order valence-electron chi connectivity index (χ1n) is 7.38. The van der Waals surface area contributed by atoms with Crippen LogP contribution in [-0.2, 0) is 0 Å². The Bertz CT molecular complexity index is 945. The lowest BCUT2D eigenvalue weighted by Gasteiger charge is -2.14. The van der Waals surface area contributed by atoms with Crippen molar-refractivity contribution >= 4 is 22.4 Å². The van der Waals surface area contributed by atoms with Crippen molar-refractivity contribution < 1.29 is 9.47 Å². The zero-order valence-electron chi connectivity index (χ0n) is 13.8. The first kappa shape index (κ1) is 15.6. The second-order valence-corrected chi connectivity index (χ2v) is 5.19. The maximum Gasteiger partial charge on any atom is 0.162 e. The summed E-state index contributed by atoms with van der Waals surface area (Å²) in [4.78, 5) is 8.66. The lowest BCUT2D eigenvalue weighted by atomic mass is 10.1. The smallest absolute Gasteiger partial charge is 0.162 e. The number of methoxy groups -OCH3 is 2. The number of nitrogens with one attached hydrogen (secondary N) is 1. The summed E-state index contributed by atoms with van der Waals surface area (Å²) in [7, 11) is 3.19. The van der Waals surface area contributed by atoms with Crippen LogP contribution in [0.1, 0.15) is 11.1 Å². The molecule has 0 amide bonds. The number of nitrogens with zero attached hydrogens (tertiary/aromatic N) is 2. The van der Waals surface area contributed by atoms with Gasteiger partial charge in [-0.2, -0.15) is 0 Å². The topological polar surface area (TPSA) is 56.3 Å². The van der Waals surface area contributed by atoms with Gasteiger partial charge in [-0.15, -0.1) is 6.42 Å². The minimum absolute atomic E-state index is 0.622. The second-order valence-electron chi connectivity index (χ2n) is 5.19. The fourth-order valence-electron chi connectivity index (χ4n) is 2.54. The Hall–Kier alpha value is -3.26. The number of terminal acetylenes is 1. The van der Waals surface area contributed by atoms with Crippen LogP contribution in [0.3, 0.4) is 0 Å². The number of hydrogen-bond donors (Lipinski definition) is 1. The molecule has 0 saturated carbocycles. The maximum atomic E-state index is 5.54. The van der Waals surface area contributed by atoms with Gasteiger partial charge in [0.05, 0.1) is 19.7 Å². The monoisotopic (exact) mass is 319 g/mol. The highest BCUT2D eigenvalue weighted by Crippen LogP contribution is 2.34. The van der Waals surface area contributed by atoms with Crippen LogP contribution in [0.4, 0.5) is 11.5 Å². The molecule has 3 rings (SSSR count). The van der Waals surface area contributed by atoms with Crippen LogP contribution >= 0.6 is 0 Å². The van der Waals surface area contributed by atoms with Crippen LogP contribution in [0, 0.1) is 19.3 Å². The summed E-state index contributed by atoms with van der Waals surface area (Å²) in [5.74, 6) is 4.61. The van der Waals surface area contributed by atoms with Crippen molar-refractivity contribution in [3.8, 4) is 23.8 Å². The standard InChI is InChI=1S/C19H17N3O2/c1-5-13-7-6-8-15(12(13)2)22-19-14-9-17(23-3)18(24-4)10-16(14)20-11-21-19/h1,6-11H,2-4H3,(H,20,21,22). The Morgan fingerprint density at radius 3 is 2.54 bits per heavy atom. The van der Waals surface area contributed by atoms with Crippen molar-refractivity contribution in [3.05, 3.63) is 47.8 Å². The molecule has 1 aromatic heterocycles. The van der Waals surface area contributed by atoms with Crippen molar-refractivity contribution in [3.63, 3.8) is 0 Å². The highest BCUT2D eigenvalue weighted by molar-refractivity contribution is 5.93. The zero-order chi connectivity index (χ0) is 17.1. The Balaban J connectivity index is 2.12. The SMILES string of the molecule is C#Cc1cccc(Nc2ncnc3cc(OC)c(OC)cc23)c1C. The quantitative estimate of drug-likeness (QED) is 0.743. The number of fused-ring (bicyclic) bond motifs is 1. The summed E-state index contributed by atoms with van der Waals surface area (Å²) >= 11 is 0. The van der Waals surface area contributed by atoms with Gasteiger partial charge in [-0.25, -0.2) is 9.97 Å². The van der Waals surface area contributed by atoms with E-state index in [2.05, 4.69) is 21.2 Å². The van der Waals surface area contributed by atoms with E-state index in [4.69, 9.17) is 15.9 Å². The predicted molar refractivity (Wildman–Crippen MR) is 95.0 cm³/mol. The third kappa shape index (κ3) is 2.70. The average molecular weight is 319 g/mol. The third-order valence-electron chi connectivity index (χ3n) is 3.88. The largest absolute Gasteiger partial charge is 0.493 e. The second kappa shape index (κ2) is 6.47. The van der Waals surface area contributed by atoms with Gasteiger partial charge in [-0.1, -0.05) is 12.0 Å². The molecule has 24 heavy (non-hydrogen) atoms. The van der Waals surface area contributed by atoms with E-state index in [0.29, 0.717) is 17.3 Å². The van der Waals surface area contributed by atoms with Gasteiger partial charge in [-0.3, -0.25) is 0 Å². The number of rotatable bonds is 4. The third-order valence-corrected chi connectivity index (χ3v) is 3.88. The van der Waals surface area contributed by atoms with E-state index < -0.39 is 0 Å². The van der Waals surface area contributed by atoms with Gasteiger partial charge >= 0.3 is 0 Å². The Labute approximate surface area is 140 Å². The van der Waals surface area contributed by atoms with Gasteiger partial charge in [0.1, 0.15) is 12.1 Å². The molecular weight excluding hydrogens is 302 g/mol. The molecule has 120 valence electrons. The van der Waals surface area contributed by atoms with Crippen LogP contribution in [0.15, 0.2) is 36.7 Å². The van der Waals surface area contributed by atoms with Crippen molar-refractivity contribution in [1.82, 2.24) is 9.97 Å². The molecule has 3 aromatic rings. The van der Waals surface area contributed by atoms with Gasteiger partial charge in [0.15, 0.2) is 11.5 Å². The molecule has 0 bridgehead atoms. The minimum Gasteiger partial charge on any atom is -0.493 e. The highest BCUT2D eigenvalue weighted by atomic mass is 16.5. The minimum atomic E-state index is 0.622. The molecule has 1 N–H and O–H groups in total. The molecule has 5 nitrogen and oxygen atoms in total. The summed E-state index contributed by atoms with van der Waals surface area (Å²) < 4.78 is 10.7. The van der Waals surface area contributed by atoms with E-state index in [1.807, 2.05) is 37.3 Å². The fourth-order valence-corrected chi connectivity index (χ4v) is 2.54. The van der Waals surface area contributed by atoms with Gasteiger partial charge in [0.25, 0.3) is 0 Å². The number of hydrogen-bond acceptors (Lipinski definition) is 5. The number of anilines is 2. The predicted octanol–water partition coefficient (Wildman–Crippen LogP) is 3.68. The Morgan fingerprint density at radius 2 is 1.83 bits per heavy atom. The lowest BCUT2D eigenvalue weighted by Crippen LogP contribution is -2.00. The molecule has 0 radical (unpaired) electrons. The maximum absolute atomic E-state index is 5.54. The van der Waals surface area contributed by atoms with Crippen molar-refractivity contribution in [2.24, 2.45) is 0 Å². The van der Waals surface area contributed by atoms with Gasteiger partial charge in [0, 0.05) is 22.7 Å². The molecule has 0 aliphatic carbocycles. The van der Waals surface area contributed by atoms with Crippen molar-refractivity contribution in [2.75, 3.05) is 19.5 Å². The summed E-state index contributed by atoms with van der Waals surface area (Å²) in [6, 6.07) is 9.47. The van der Waals surface area contributed by atoms with Gasteiger partial charge < -0.3 is 14.8 Å². The van der Waals surface area contributed by atoms with Crippen LogP contribution in [0.25, 0.3) is 10.9 Å². The first-order valence-corrected chi connectivity index (χ1v) is 7.38. The number of ether oxygens (including phenoxy) is 2. The van der Waals surface area contributed by atoms with Crippen molar-refractivity contribution in [1.29, 1.82) is 0 Å². The molecular formula is C19H17N3O2. The van der Waals surface area contributed by atoms with Crippen LogP contribution in [-0.4, -0.2) is 24.2 Å². The molecule has 0 saturated heterocycles. The summed E-state index contributed by atoms with van der Waals surface area (Å²) in [5.41, 5.74) is 3.50. The van der Waals surface area contributed by atoms with Gasteiger partial charge in [-0.05, 0) is 30.7 Å². The normalized spacial score (nSPS) is 10.2. The van der Waals surface area contributed by atoms with Crippen molar-refractivity contribution in [2.45, 2.75) is 6.92 Å². The van der Waals surface area contributed by atoms with Gasteiger partial charge in [0.2, 0.25) is 0 Å². The molecule has 0 atom stereocenters. The highest BCUT2D eigenvalue weighted by Gasteiger charge is 2.12. The summed E-state index contributed by atoms with van der Waals surface area (Å²) in [5, 5.41) is 4.17. The van der Waals surface area contributed by atoms with E-state index in [-0.39, 0.29) is 0 Å². The lowest BCUT2D eigenvalue weighted by molar-refractivity contribution is 0.356. The number of aromatic nitrogens is 2. The summed E-state index contributed by atoms with van der Waals surface area (Å²) in [6.45, 7) is 1.98. The Kier molecular flexibility index (Phi) is 4.21. The van der Waals surface area contributed by atoms with E-state index in [0.717, 1.165) is 27.7 Å². The number of benzene rings is 2. The zero-order valence-corrected chi connectivity index (χ0v) is 13.8. The molecule has 0 unspecified atom stereocenters. The summed E-state index contributed by atoms with van der Waals surface area (Å²) in [6.07, 6.45) is 7.05. The molecule has 0 fully saturated rings. The van der Waals surface area contributed by atoms with Crippen LogP contribution < -0.4 is 14.8 Å².